The maximum absolute atomic E-state index is 12.4. The van der Waals surface area contributed by atoms with Gasteiger partial charge in [-0.2, -0.15) is 10.1 Å². The smallest absolute Gasteiger partial charge is 0.254 e. The largest absolute Gasteiger partial charge is 0.497 e. The van der Waals surface area contributed by atoms with Crippen LogP contribution in [-0.4, -0.2) is 30.1 Å². The van der Waals surface area contributed by atoms with Gasteiger partial charge in [0.15, 0.2) is 0 Å². The van der Waals surface area contributed by atoms with E-state index in [1.165, 1.54) is 6.21 Å². The summed E-state index contributed by atoms with van der Waals surface area (Å²) in [5.74, 6) is 0.513. The number of imide groups is 1. The van der Waals surface area contributed by atoms with E-state index in [-0.39, 0.29) is 35.5 Å². The van der Waals surface area contributed by atoms with E-state index in [2.05, 4.69) is 17.3 Å². The molecule has 2 fully saturated rings. The fraction of sp³-hybridized carbons (Fsp3) is 0.316. The van der Waals surface area contributed by atoms with E-state index in [0.717, 1.165) is 22.7 Å². The summed E-state index contributed by atoms with van der Waals surface area (Å²) in [6.45, 7) is 0. The first-order valence-corrected chi connectivity index (χ1v) is 8.10. The summed E-state index contributed by atoms with van der Waals surface area (Å²) in [5.41, 5.74) is 0.987. The van der Waals surface area contributed by atoms with Gasteiger partial charge in [-0.3, -0.25) is 9.59 Å². The van der Waals surface area contributed by atoms with Crippen LogP contribution in [0.25, 0.3) is 6.08 Å². The average molecular weight is 322 g/mol. The van der Waals surface area contributed by atoms with Gasteiger partial charge in [-0.05, 0) is 42.0 Å². The van der Waals surface area contributed by atoms with Gasteiger partial charge in [-0.15, -0.1) is 0 Å². The highest BCUT2D eigenvalue weighted by molar-refractivity contribution is 6.06. The van der Waals surface area contributed by atoms with Crippen LogP contribution in [0.3, 0.4) is 0 Å². The molecule has 0 unspecified atom stereocenters. The minimum Gasteiger partial charge on any atom is -0.497 e. The van der Waals surface area contributed by atoms with Crippen molar-refractivity contribution >= 4 is 24.1 Å². The molecule has 1 aromatic carbocycles. The van der Waals surface area contributed by atoms with Crippen molar-refractivity contribution < 1.29 is 14.3 Å². The maximum atomic E-state index is 12.4. The van der Waals surface area contributed by atoms with E-state index in [1.807, 2.05) is 30.3 Å². The molecule has 5 nitrogen and oxygen atoms in total. The summed E-state index contributed by atoms with van der Waals surface area (Å²) in [5, 5.41) is 5.14. The average Bonchev–Trinajstić information content (AvgIpc) is 3.28. The number of hydrogen-bond donors (Lipinski definition) is 0. The second-order valence-corrected chi connectivity index (χ2v) is 6.38. The second kappa shape index (κ2) is 5.74. The van der Waals surface area contributed by atoms with E-state index < -0.39 is 0 Å². The molecule has 1 aliphatic heterocycles. The third-order valence-electron chi connectivity index (χ3n) is 5.12. The molecular weight excluding hydrogens is 304 g/mol. The number of carbonyl (C=O) groups excluding carboxylic acids is 2. The molecule has 0 spiro atoms. The molecule has 0 radical (unpaired) electrons. The minimum atomic E-state index is -0.199. The van der Waals surface area contributed by atoms with Gasteiger partial charge in [0.05, 0.1) is 18.9 Å². The summed E-state index contributed by atoms with van der Waals surface area (Å²) in [6.07, 6.45) is 10.2. The normalized spacial score (nSPS) is 31.0. The Morgan fingerprint density at radius 2 is 1.71 bits per heavy atom. The minimum absolute atomic E-state index is 0.157. The lowest BCUT2D eigenvalue weighted by atomic mass is 9.85. The van der Waals surface area contributed by atoms with Crippen molar-refractivity contribution in [1.29, 1.82) is 0 Å². The number of carbonyl (C=O) groups is 2. The zero-order valence-electron chi connectivity index (χ0n) is 13.3. The Labute approximate surface area is 140 Å². The molecule has 1 saturated heterocycles. The Kier molecular flexibility index (Phi) is 3.56. The van der Waals surface area contributed by atoms with Gasteiger partial charge in [0, 0.05) is 6.21 Å². The molecule has 3 aliphatic rings. The third-order valence-corrected chi connectivity index (χ3v) is 5.12. The van der Waals surface area contributed by atoms with E-state index >= 15 is 0 Å². The van der Waals surface area contributed by atoms with Crippen molar-refractivity contribution in [3.63, 3.8) is 0 Å². The summed E-state index contributed by atoms with van der Waals surface area (Å²) in [6, 6.07) is 7.58. The molecule has 4 rings (SSSR count). The van der Waals surface area contributed by atoms with Gasteiger partial charge in [-0.1, -0.05) is 30.4 Å². The maximum Gasteiger partial charge on any atom is 0.254 e. The number of allylic oxidation sites excluding steroid dienone is 3. The highest BCUT2D eigenvalue weighted by Gasteiger charge is 2.59. The molecular formula is C19H18N2O3. The van der Waals surface area contributed by atoms with Crippen LogP contribution in [0.5, 0.6) is 5.75 Å². The zero-order chi connectivity index (χ0) is 16.7. The van der Waals surface area contributed by atoms with Crippen LogP contribution in [0.1, 0.15) is 12.0 Å². The summed E-state index contributed by atoms with van der Waals surface area (Å²) >= 11 is 0. The second-order valence-electron chi connectivity index (χ2n) is 6.38. The lowest BCUT2D eigenvalue weighted by Crippen LogP contribution is -2.27. The molecule has 122 valence electrons. The fourth-order valence-corrected chi connectivity index (χ4v) is 3.97. The lowest BCUT2D eigenvalue weighted by molar-refractivity contribution is -0.140. The molecule has 4 atom stereocenters. The van der Waals surface area contributed by atoms with E-state index in [4.69, 9.17) is 4.74 Å². The molecule has 2 amide bonds. The van der Waals surface area contributed by atoms with Crippen LogP contribution in [0.2, 0.25) is 0 Å². The molecule has 1 aromatic rings. The number of amides is 2. The molecule has 2 bridgehead atoms. The molecule has 5 heteroatoms. The monoisotopic (exact) mass is 322 g/mol. The number of nitrogens with zero attached hydrogens (tertiary/aromatic N) is 2. The Bertz CT molecular complexity index is 733. The quantitative estimate of drug-likeness (QED) is 0.486. The SMILES string of the molecule is COc1ccc(/C=C/C=NN2C(=O)[C@@H]3[C@H](C2=O)[C@H]2C=C[C@H]3C2)cc1. The first kappa shape index (κ1) is 14.9. The predicted molar refractivity (Wildman–Crippen MR) is 90.1 cm³/mol. The summed E-state index contributed by atoms with van der Waals surface area (Å²) < 4.78 is 5.11. The number of fused-ring (bicyclic) bond motifs is 5. The van der Waals surface area contributed by atoms with Crippen LogP contribution in [0, 0.1) is 23.7 Å². The topological polar surface area (TPSA) is 59.0 Å². The Morgan fingerprint density at radius 3 is 2.29 bits per heavy atom. The molecule has 1 heterocycles. The van der Waals surface area contributed by atoms with Gasteiger partial charge in [0.2, 0.25) is 0 Å². The number of benzene rings is 1. The lowest BCUT2D eigenvalue weighted by Gasteiger charge is -2.13. The Hall–Kier alpha value is -2.69. The Morgan fingerprint density at radius 1 is 1.08 bits per heavy atom. The van der Waals surface area contributed by atoms with Gasteiger partial charge in [0.25, 0.3) is 11.8 Å². The van der Waals surface area contributed by atoms with Gasteiger partial charge in [-0.25, -0.2) is 0 Å². The van der Waals surface area contributed by atoms with Gasteiger partial charge in [0.1, 0.15) is 5.75 Å². The molecule has 1 saturated carbocycles. The summed E-state index contributed by atoms with van der Waals surface area (Å²) in [4.78, 5) is 24.9. The van der Waals surface area contributed by atoms with Crippen molar-refractivity contribution in [1.82, 2.24) is 5.01 Å². The molecule has 24 heavy (non-hydrogen) atoms. The number of hydrazone groups is 1. The highest BCUT2D eigenvalue weighted by atomic mass is 16.5. The van der Waals surface area contributed by atoms with E-state index in [1.54, 1.807) is 13.2 Å². The van der Waals surface area contributed by atoms with E-state index in [9.17, 15) is 9.59 Å². The highest BCUT2D eigenvalue weighted by Crippen LogP contribution is 2.52. The van der Waals surface area contributed by atoms with Gasteiger partial charge >= 0.3 is 0 Å². The predicted octanol–water partition coefficient (Wildman–Crippen LogP) is 2.50. The van der Waals surface area contributed by atoms with Crippen molar-refractivity contribution in [2.24, 2.45) is 28.8 Å². The number of hydrogen-bond acceptors (Lipinski definition) is 4. The third kappa shape index (κ3) is 2.28. The zero-order valence-corrected chi connectivity index (χ0v) is 13.3. The van der Waals surface area contributed by atoms with Crippen LogP contribution in [0.4, 0.5) is 0 Å². The van der Waals surface area contributed by atoms with Crippen LogP contribution in [0.15, 0.2) is 47.6 Å². The van der Waals surface area contributed by atoms with Crippen molar-refractivity contribution in [2.45, 2.75) is 6.42 Å². The fourth-order valence-electron chi connectivity index (χ4n) is 3.97. The standard InChI is InChI=1S/C19H18N2O3/c1-24-15-8-4-12(5-9-15)3-2-10-20-21-18(22)16-13-6-7-14(11-13)17(16)19(21)23/h2-10,13-14,16-17H,11H2,1H3/b3-2+,20-10?/t13-,14-,16-,17+/m0/s1. The van der Waals surface area contributed by atoms with Crippen molar-refractivity contribution in [2.75, 3.05) is 7.11 Å². The molecule has 0 N–H and O–H groups in total. The van der Waals surface area contributed by atoms with Crippen LogP contribution in [-0.2, 0) is 9.59 Å². The molecule has 2 aliphatic carbocycles. The summed E-state index contributed by atoms with van der Waals surface area (Å²) in [7, 11) is 1.62. The van der Waals surface area contributed by atoms with Crippen molar-refractivity contribution in [3.8, 4) is 5.75 Å². The first-order chi connectivity index (χ1) is 11.7. The number of ether oxygens (including phenoxy) is 1. The number of rotatable bonds is 4. The van der Waals surface area contributed by atoms with E-state index in [0.29, 0.717) is 0 Å². The van der Waals surface area contributed by atoms with Gasteiger partial charge < -0.3 is 4.74 Å². The molecule has 0 aromatic heterocycles. The Balaban J connectivity index is 1.44. The number of methoxy groups -OCH3 is 1. The van der Waals surface area contributed by atoms with Crippen LogP contribution >= 0.6 is 0 Å². The first-order valence-electron chi connectivity index (χ1n) is 8.10. The van der Waals surface area contributed by atoms with Crippen LogP contribution < -0.4 is 4.74 Å². The van der Waals surface area contributed by atoms with Crippen molar-refractivity contribution in [3.05, 3.63) is 48.1 Å².